The number of methoxy groups -OCH3 is 1. The van der Waals surface area contributed by atoms with Crippen molar-refractivity contribution in [1.82, 2.24) is 0 Å². The van der Waals surface area contributed by atoms with Crippen molar-refractivity contribution in [3.63, 3.8) is 0 Å². The van der Waals surface area contributed by atoms with Gasteiger partial charge in [0.1, 0.15) is 5.75 Å². The maximum Gasteiger partial charge on any atom is 0.261 e. The minimum absolute atomic E-state index is 0.0742. The monoisotopic (exact) mass is 420 g/mol. The Bertz CT molecular complexity index is 1280. The third kappa shape index (κ3) is 3.79. The lowest BCUT2D eigenvalue weighted by molar-refractivity contribution is -0.110. The van der Waals surface area contributed by atoms with Crippen molar-refractivity contribution >= 4 is 39.0 Å². The molecule has 0 aliphatic carbocycles. The van der Waals surface area contributed by atoms with Crippen molar-refractivity contribution in [2.24, 2.45) is 0 Å². The number of hydrogen-bond acceptors (Lipinski definition) is 4. The van der Waals surface area contributed by atoms with Crippen LogP contribution in [-0.2, 0) is 14.8 Å². The van der Waals surface area contributed by atoms with Gasteiger partial charge in [-0.25, -0.2) is 8.42 Å². The molecule has 0 radical (unpaired) electrons. The summed E-state index contributed by atoms with van der Waals surface area (Å²) in [4.78, 5) is 12.6. The van der Waals surface area contributed by atoms with Gasteiger partial charge < -0.3 is 10.1 Å². The highest BCUT2D eigenvalue weighted by Crippen LogP contribution is 2.36. The van der Waals surface area contributed by atoms with Crippen LogP contribution in [0, 0.1) is 6.92 Å². The third-order valence-electron chi connectivity index (χ3n) is 4.79. The molecular weight excluding hydrogens is 400 g/mol. The van der Waals surface area contributed by atoms with Crippen LogP contribution in [-0.4, -0.2) is 21.4 Å². The van der Waals surface area contributed by atoms with Gasteiger partial charge in [-0.3, -0.25) is 9.52 Å². The van der Waals surface area contributed by atoms with Crippen LogP contribution < -0.4 is 14.8 Å². The van der Waals surface area contributed by atoms with Crippen LogP contribution in [0.3, 0.4) is 0 Å². The summed E-state index contributed by atoms with van der Waals surface area (Å²) in [5.74, 6) is 0.327. The summed E-state index contributed by atoms with van der Waals surface area (Å²) in [5, 5.41) is 2.78. The number of anilines is 2. The van der Waals surface area contributed by atoms with Gasteiger partial charge in [0.25, 0.3) is 15.9 Å². The van der Waals surface area contributed by atoms with Gasteiger partial charge in [0.15, 0.2) is 0 Å². The van der Waals surface area contributed by atoms with Gasteiger partial charge in [0.2, 0.25) is 0 Å². The second-order valence-electron chi connectivity index (χ2n) is 6.94. The average Bonchev–Trinajstić information content (AvgIpc) is 3.02. The number of amides is 1. The second-order valence-corrected chi connectivity index (χ2v) is 8.62. The third-order valence-corrected chi connectivity index (χ3v) is 6.17. The van der Waals surface area contributed by atoms with Gasteiger partial charge in [-0.2, -0.15) is 0 Å². The summed E-state index contributed by atoms with van der Waals surface area (Å²) in [6.45, 7) is 1.89. The molecule has 7 heteroatoms. The summed E-state index contributed by atoms with van der Waals surface area (Å²) < 4.78 is 33.7. The van der Waals surface area contributed by atoms with E-state index in [4.69, 9.17) is 4.74 Å². The lowest BCUT2D eigenvalue weighted by Crippen LogP contribution is -2.13. The number of aryl methyl sites for hydroxylation is 1. The van der Waals surface area contributed by atoms with E-state index in [-0.39, 0.29) is 10.8 Å². The standard InChI is InChI=1S/C23H20N2O4S/c1-15-6-5-8-17(12-15)25-30(27,28)18-10-11-21-19(14-18)20(23(26)24-21)13-16-7-3-4-9-22(16)29-2/h3-14,25H,1-2H3,(H,24,26)/b20-13+. The van der Waals surface area contributed by atoms with Gasteiger partial charge in [0.05, 0.1) is 12.0 Å². The molecule has 0 fully saturated rings. The number of rotatable bonds is 5. The fraction of sp³-hybridized carbons (Fsp3) is 0.0870. The lowest BCUT2D eigenvalue weighted by Gasteiger charge is -2.10. The molecule has 152 valence electrons. The van der Waals surface area contributed by atoms with Crippen molar-refractivity contribution in [1.29, 1.82) is 0 Å². The summed E-state index contributed by atoms with van der Waals surface area (Å²) in [6.07, 6.45) is 1.70. The highest BCUT2D eigenvalue weighted by Gasteiger charge is 2.27. The molecule has 0 aromatic heterocycles. The molecule has 3 aromatic carbocycles. The summed E-state index contributed by atoms with van der Waals surface area (Å²) in [5.41, 5.74) is 3.62. The predicted molar refractivity (Wildman–Crippen MR) is 118 cm³/mol. The van der Waals surface area contributed by atoms with Crippen LogP contribution in [0.2, 0.25) is 0 Å². The van der Waals surface area contributed by atoms with Gasteiger partial charge in [0, 0.05) is 28.1 Å². The molecule has 0 saturated carbocycles. The topological polar surface area (TPSA) is 84.5 Å². The Morgan fingerprint density at radius 3 is 2.57 bits per heavy atom. The molecule has 0 saturated heterocycles. The van der Waals surface area contributed by atoms with E-state index in [2.05, 4.69) is 10.0 Å². The number of benzene rings is 3. The van der Waals surface area contributed by atoms with Crippen molar-refractivity contribution in [2.45, 2.75) is 11.8 Å². The van der Waals surface area contributed by atoms with E-state index in [0.717, 1.165) is 11.1 Å². The molecule has 1 heterocycles. The number of sulfonamides is 1. The van der Waals surface area contributed by atoms with Crippen LogP contribution in [0.1, 0.15) is 16.7 Å². The van der Waals surface area contributed by atoms with Crippen LogP contribution in [0.5, 0.6) is 5.75 Å². The zero-order valence-corrected chi connectivity index (χ0v) is 17.3. The van der Waals surface area contributed by atoms with Gasteiger partial charge in [-0.15, -0.1) is 0 Å². The van der Waals surface area contributed by atoms with Crippen LogP contribution >= 0.6 is 0 Å². The highest BCUT2D eigenvalue weighted by atomic mass is 32.2. The van der Waals surface area contributed by atoms with E-state index in [1.54, 1.807) is 43.5 Å². The molecule has 1 aliphatic heterocycles. The smallest absolute Gasteiger partial charge is 0.261 e. The maximum atomic E-state index is 12.9. The molecule has 0 atom stereocenters. The predicted octanol–water partition coefficient (Wildman–Crippen LogP) is 4.30. The molecule has 1 aliphatic rings. The minimum atomic E-state index is -3.82. The van der Waals surface area contributed by atoms with Gasteiger partial charge in [-0.05, 0) is 55.0 Å². The number of carbonyl (C=O) groups excluding carboxylic acids is 1. The van der Waals surface area contributed by atoms with Crippen LogP contribution in [0.15, 0.2) is 71.6 Å². The van der Waals surface area contributed by atoms with E-state index in [0.29, 0.717) is 28.3 Å². The number of fused-ring (bicyclic) bond motifs is 1. The van der Waals surface area contributed by atoms with E-state index in [1.807, 2.05) is 31.2 Å². The van der Waals surface area contributed by atoms with Crippen molar-refractivity contribution in [2.75, 3.05) is 17.1 Å². The number of nitrogens with one attached hydrogen (secondary N) is 2. The molecule has 30 heavy (non-hydrogen) atoms. The van der Waals surface area contributed by atoms with Crippen molar-refractivity contribution in [3.8, 4) is 5.75 Å². The molecule has 1 amide bonds. The largest absolute Gasteiger partial charge is 0.496 e. The Morgan fingerprint density at radius 2 is 1.80 bits per heavy atom. The number of para-hydroxylation sites is 1. The summed E-state index contributed by atoms with van der Waals surface area (Å²) in [6, 6.07) is 19.0. The first-order valence-electron chi connectivity index (χ1n) is 9.27. The first kappa shape index (κ1) is 19.7. The fourth-order valence-corrected chi connectivity index (χ4v) is 4.42. The van der Waals surface area contributed by atoms with Crippen LogP contribution in [0.4, 0.5) is 11.4 Å². The molecule has 6 nitrogen and oxygen atoms in total. The van der Waals surface area contributed by atoms with E-state index in [1.165, 1.54) is 12.1 Å². The lowest BCUT2D eigenvalue weighted by atomic mass is 10.0. The SMILES string of the molecule is COc1ccccc1/C=C1/C(=O)Nc2ccc(S(=O)(=O)Nc3cccc(C)c3)cc21. The maximum absolute atomic E-state index is 12.9. The fourth-order valence-electron chi connectivity index (χ4n) is 3.34. The van der Waals surface area contributed by atoms with Gasteiger partial charge in [-0.1, -0.05) is 30.3 Å². The highest BCUT2D eigenvalue weighted by molar-refractivity contribution is 7.92. The molecular formula is C23H20N2O4S. The second kappa shape index (κ2) is 7.68. The first-order valence-corrected chi connectivity index (χ1v) is 10.8. The zero-order valence-electron chi connectivity index (χ0n) is 16.5. The van der Waals surface area contributed by atoms with Crippen LogP contribution in [0.25, 0.3) is 11.6 Å². The van der Waals surface area contributed by atoms with E-state index < -0.39 is 10.0 Å². The Hall–Kier alpha value is -3.58. The summed E-state index contributed by atoms with van der Waals surface area (Å²) in [7, 11) is -2.26. The van der Waals surface area contributed by atoms with Crippen molar-refractivity contribution in [3.05, 3.63) is 83.4 Å². The minimum Gasteiger partial charge on any atom is -0.496 e. The quantitative estimate of drug-likeness (QED) is 0.603. The first-order chi connectivity index (χ1) is 14.4. The van der Waals surface area contributed by atoms with E-state index in [9.17, 15) is 13.2 Å². The molecule has 2 N–H and O–H groups in total. The molecule has 4 rings (SSSR count). The Balaban J connectivity index is 1.74. The van der Waals surface area contributed by atoms with E-state index >= 15 is 0 Å². The Kier molecular flexibility index (Phi) is 5.05. The Labute approximate surface area is 175 Å². The molecule has 0 unspecified atom stereocenters. The molecule has 0 spiro atoms. The number of ether oxygens (including phenoxy) is 1. The van der Waals surface area contributed by atoms with Gasteiger partial charge >= 0.3 is 0 Å². The Morgan fingerprint density at radius 1 is 1.00 bits per heavy atom. The average molecular weight is 420 g/mol. The summed E-state index contributed by atoms with van der Waals surface area (Å²) >= 11 is 0. The van der Waals surface area contributed by atoms with Crippen molar-refractivity contribution < 1.29 is 17.9 Å². The normalized spacial score (nSPS) is 14.3. The zero-order chi connectivity index (χ0) is 21.3. The number of hydrogen-bond donors (Lipinski definition) is 2. The number of carbonyl (C=O) groups is 1. The molecule has 3 aromatic rings. The molecule has 0 bridgehead atoms.